The summed E-state index contributed by atoms with van der Waals surface area (Å²) in [4.78, 5) is 50.6. The lowest BCUT2D eigenvalue weighted by atomic mass is 10.1. The summed E-state index contributed by atoms with van der Waals surface area (Å²) in [6, 6.07) is 7.14. The Morgan fingerprint density at radius 3 is 2.30 bits per heavy atom. The molecule has 4 N–H and O–H groups in total. The molecule has 0 radical (unpaired) electrons. The van der Waals surface area contributed by atoms with E-state index in [2.05, 4.69) is 5.32 Å². The average Bonchev–Trinajstić information content (AvgIpc) is 2.71. The van der Waals surface area contributed by atoms with E-state index in [4.69, 9.17) is 5.73 Å². The second-order valence-corrected chi connectivity index (χ2v) is 7.97. The van der Waals surface area contributed by atoms with Crippen LogP contribution in [0.3, 0.4) is 0 Å². The number of carboxylic acids is 1. The number of carbonyl (C=O) groups excluding carboxylic acids is 3. The minimum atomic E-state index is -1.16. The van der Waals surface area contributed by atoms with Gasteiger partial charge in [-0.1, -0.05) is 30.3 Å². The second-order valence-electron chi connectivity index (χ2n) is 6.98. The summed E-state index contributed by atoms with van der Waals surface area (Å²) < 4.78 is 0. The van der Waals surface area contributed by atoms with Gasteiger partial charge in [-0.3, -0.25) is 14.4 Å². The molecule has 0 fully saturated rings. The van der Waals surface area contributed by atoms with Crippen LogP contribution in [0.15, 0.2) is 30.3 Å². The van der Waals surface area contributed by atoms with Crippen molar-refractivity contribution in [2.75, 3.05) is 39.2 Å². The van der Waals surface area contributed by atoms with Gasteiger partial charge in [0.15, 0.2) is 0 Å². The summed E-state index contributed by atoms with van der Waals surface area (Å²) >= 11 is 1.58. The Labute approximate surface area is 181 Å². The van der Waals surface area contributed by atoms with Crippen LogP contribution in [0.25, 0.3) is 0 Å². The maximum Gasteiger partial charge on any atom is 0.326 e. The van der Waals surface area contributed by atoms with Crippen LogP contribution < -0.4 is 11.1 Å². The van der Waals surface area contributed by atoms with Gasteiger partial charge in [0.2, 0.25) is 17.7 Å². The lowest BCUT2D eigenvalue weighted by molar-refractivity contribution is -0.143. The Hall–Kier alpha value is -2.59. The van der Waals surface area contributed by atoms with Crippen molar-refractivity contribution in [2.45, 2.75) is 24.9 Å². The third-order valence-corrected chi connectivity index (χ3v) is 5.07. The minimum Gasteiger partial charge on any atom is -0.480 e. The van der Waals surface area contributed by atoms with Crippen LogP contribution in [-0.2, 0) is 25.6 Å². The lowest BCUT2D eigenvalue weighted by Gasteiger charge is -2.24. The van der Waals surface area contributed by atoms with Gasteiger partial charge in [0.1, 0.15) is 6.04 Å². The molecular weight excluding hydrogens is 408 g/mol. The Morgan fingerprint density at radius 2 is 1.73 bits per heavy atom. The van der Waals surface area contributed by atoms with E-state index in [0.717, 1.165) is 16.2 Å². The van der Waals surface area contributed by atoms with Crippen LogP contribution in [0.5, 0.6) is 0 Å². The molecule has 0 saturated carbocycles. The zero-order valence-electron chi connectivity index (χ0n) is 17.5. The van der Waals surface area contributed by atoms with Gasteiger partial charge < -0.3 is 26.0 Å². The molecule has 166 valence electrons. The van der Waals surface area contributed by atoms with E-state index >= 15 is 0 Å². The van der Waals surface area contributed by atoms with Gasteiger partial charge in [0, 0.05) is 20.5 Å². The molecule has 9 nitrogen and oxygen atoms in total. The third-order valence-electron chi connectivity index (χ3n) is 4.42. The molecule has 10 heteroatoms. The van der Waals surface area contributed by atoms with Gasteiger partial charge in [-0.05, 0) is 24.0 Å². The Morgan fingerprint density at radius 1 is 1.10 bits per heavy atom. The van der Waals surface area contributed by atoms with Gasteiger partial charge in [0.25, 0.3) is 0 Å². The van der Waals surface area contributed by atoms with E-state index in [1.54, 1.807) is 36.0 Å². The molecule has 0 aliphatic heterocycles. The maximum absolute atomic E-state index is 12.3. The van der Waals surface area contributed by atoms with Crippen molar-refractivity contribution in [3.63, 3.8) is 0 Å². The van der Waals surface area contributed by atoms with E-state index in [9.17, 15) is 24.3 Å². The van der Waals surface area contributed by atoms with Gasteiger partial charge in [-0.25, -0.2) is 4.79 Å². The van der Waals surface area contributed by atoms with Crippen LogP contribution in [0.1, 0.15) is 12.0 Å². The van der Waals surface area contributed by atoms with Crippen LogP contribution in [0.4, 0.5) is 0 Å². The second kappa shape index (κ2) is 12.9. The topological polar surface area (TPSA) is 133 Å². The number of nitrogens with one attached hydrogen (secondary N) is 1. The highest BCUT2D eigenvalue weighted by Crippen LogP contribution is 2.04. The molecule has 0 bridgehead atoms. The summed E-state index contributed by atoms with van der Waals surface area (Å²) in [5.41, 5.74) is 6.60. The smallest absolute Gasteiger partial charge is 0.326 e. The number of nitrogens with zero attached hydrogens (tertiary/aromatic N) is 2. The summed E-state index contributed by atoms with van der Waals surface area (Å²) in [6.07, 6.45) is 2.55. The summed E-state index contributed by atoms with van der Waals surface area (Å²) in [7, 11) is 2.90. The molecule has 0 saturated heterocycles. The van der Waals surface area contributed by atoms with Crippen LogP contribution >= 0.6 is 11.8 Å². The molecule has 0 aromatic heterocycles. The fourth-order valence-electron chi connectivity index (χ4n) is 2.65. The van der Waals surface area contributed by atoms with Crippen molar-refractivity contribution >= 4 is 35.5 Å². The number of carbonyl (C=O) groups is 4. The molecule has 1 aromatic rings. The van der Waals surface area contributed by atoms with Crippen molar-refractivity contribution < 1.29 is 24.3 Å². The molecule has 3 amide bonds. The highest BCUT2D eigenvalue weighted by atomic mass is 32.2. The number of nitrogens with two attached hydrogens (primary N) is 1. The highest BCUT2D eigenvalue weighted by molar-refractivity contribution is 7.98. The number of thioether (sulfide) groups is 1. The fourth-order valence-corrected chi connectivity index (χ4v) is 3.14. The Bertz CT molecular complexity index is 731. The van der Waals surface area contributed by atoms with E-state index < -0.39 is 29.9 Å². The van der Waals surface area contributed by atoms with Crippen molar-refractivity contribution in [2.24, 2.45) is 5.73 Å². The predicted molar refractivity (Wildman–Crippen MR) is 116 cm³/mol. The first-order valence-electron chi connectivity index (χ1n) is 9.45. The standard InChI is InChI=1S/C20H30N4O5S/c1-23(18(26)13-24(2)19(27)15(21)9-10-30-3)12-17(25)22-16(20(28)29)11-14-7-5-4-6-8-14/h4-8,15-16H,9-13,21H2,1-3H3,(H,22,25)(H,28,29)/t15-,16+/m0/s1. The van der Waals surface area contributed by atoms with E-state index in [0.29, 0.717) is 6.42 Å². The van der Waals surface area contributed by atoms with E-state index in [1.807, 2.05) is 12.3 Å². The number of carboxylic acid groups (broad SMARTS) is 1. The summed E-state index contributed by atoms with van der Waals surface area (Å²) in [5.74, 6) is -1.81. The molecule has 1 aromatic carbocycles. The highest BCUT2D eigenvalue weighted by Gasteiger charge is 2.24. The number of amides is 3. The number of rotatable bonds is 12. The maximum atomic E-state index is 12.3. The van der Waals surface area contributed by atoms with Crippen molar-refractivity contribution in [3.8, 4) is 0 Å². The first kappa shape index (κ1) is 25.4. The Kier molecular flexibility index (Phi) is 10.9. The molecule has 0 aliphatic rings. The largest absolute Gasteiger partial charge is 0.480 e. The third kappa shape index (κ3) is 8.83. The predicted octanol–water partition coefficient (Wildman–Crippen LogP) is -0.204. The van der Waals surface area contributed by atoms with E-state index in [1.165, 1.54) is 19.0 Å². The molecule has 1 rings (SSSR count). The van der Waals surface area contributed by atoms with Crippen LogP contribution in [-0.4, -0.2) is 89.9 Å². The molecular formula is C20H30N4O5S. The Balaban J connectivity index is 2.55. The molecule has 0 spiro atoms. The van der Waals surface area contributed by atoms with Gasteiger partial charge >= 0.3 is 5.97 Å². The van der Waals surface area contributed by atoms with Crippen molar-refractivity contribution in [3.05, 3.63) is 35.9 Å². The van der Waals surface area contributed by atoms with Gasteiger partial charge in [-0.2, -0.15) is 11.8 Å². The number of likely N-dealkylation sites (N-methyl/N-ethyl adjacent to an activating group) is 2. The first-order valence-corrected chi connectivity index (χ1v) is 10.8. The number of hydrogen-bond donors (Lipinski definition) is 3. The van der Waals surface area contributed by atoms with Gasteiger partial charge in [-0.15, -0.1) is 0 Å². The SMILES string of the molecule is CSCC[C@H](N)C(=O)N(C)CC(=O)N(C)CC(=O)N[C@H](Cc1ccccc1)C(=O)O. The number of hydrogen-bond acceptors (Lipinski definition) is 6. The van der Waals surface area contributed by atoms with E-state index in [-0.39, 0.29) is 25.4 Å². The molecule has 30 heavy (non-hydrogen) atoms. The lowest BCUT2D eigenvalue weighted by Crippen LogP contribution is -2.50. The monoisotopic (exact) mass is 438 g/mol. The number of benzene rings is 1. The first-order chi connectivity index (χ1) is 14.1. The molecule has 0 heterocycles. The molecule has 0 unspecified atom stereocenters. The normalized spacial score (nSPS) is 12.5. The minimum absolute atomic E-state index is 0.130. The van der Waals surface area contributed by atoms with Crippen LogP contribution in [0, 0.1) is 0 Å². The molecule has 0 aliphatic carbocycles. The van der Waals surface area contributed by atoms with Crippen molar-refractivity contribution in [1.29, 1.82) is 0 Å². The zero-order valence-corrected chi connectivity index (χ0v) is 18.4. The summed E-state index contributed by atoms with van der Waals surface area (Å²) in [6.45, 7) is -0.542. The van der Waals surface area contributed by atoms with Crippen molar-refractivity contribution in [1.82, 2.24) is 15.1 Å². The summed E-state index contributed by atoms with van der Waals surface area (Å²) in [5, 5.41) is 11.8. The average molecular weight is 439 g/mol. The zero-order chi connectivity index (χ0) is 22.7. The number of aliphatic carboxylic acids is 1. The fraction of sp³-hybridized carbons (Fsp3) is 0.500. The quantitative estimate of drug-likeness (QED) is 0.411. The van der Waals surface area contributed by atoms with Crippen LogP contribution in [0.2, 0.25) is 0 Å². The van der Waals surface area contributed by atoms with Gasteiger partial charge in [0.05, 0.1) is 19.1 Å². The molecule has 2 atom stereocenters.